The van der Waals surface area contributed by atoms with Crippen LogP contribution >= 0.6 is 0 Å². The number of carboxylic acids is 1. The third-order valence-corrected chi connectivity index (χ3v) is 1.48. The Morgan fingerprint density at radius 2 is 1.69 bits per heavy atom. The molecule has 0 rings (SSSR count). The van der Waals surface area contributed by atoms with Crippen LogP contribution in [0.25, 0.3) is 0 Å². The number of aliphatic hydroxyl groups excluding tert-OH is 3. The first kappa shape index (κ1) is 12.0. The monoisotopic (exact) mass is 193 g/mol. The van der Waals surface area contributed by atoms with E-state index in [2.05, 4.69) is 0 Å². The summed E-state index contributed by atoms with van der Waals surface area (Å²) in [6.45, 7) is 0. The lowest BCUT2D eigenvalue weighted by Crippen LogP contribution is -2.51. The maximum absolute atomic E-state index is 10.1. The first-order chi connectivity index (χ1) is 5.91. The molecule has 0 spiro atoms. The van der Waals surface area contributed by atoms with Gasteiger partial charge < -0.3 is 31.0 Å². The van der Waals surface area contributed by atoms with Gasteiger partial charge in [0, 0.05) is 0 Å². The maximum Gasteiger partial charge on any atom is 0.335 e. The minimum Gasteiger partial charge on any atom is -0.479 e. The quantitative estimate of drug-likeness (QED) is 0.287. The Hall–Kier alpha value is -1.02. The largest absolute Gasteiger partial charge is 0.479 e. The number of carbonyl (C=O) groups excluding carboxylic acids is 1. The Kier molecular flexibility index (Phi) is 4.49. The molecule has 13 heavy (non-hydrogen) atoms. The van der Waals surface area contributed by atoms with Gasteiger partial charge in [-0.05, 0) is 0 Å². The van der Waals surface area contributed by atoms with Gasteiger partial charge in [-0.25, -0.2) is 4.79 Å². The molecule has 0 heterocycles. The zero-order valence-electron chi connectivity index (χ0n) is 6.57. The van der Waals surface area contributed by atoms with Gasteiger partial charge in [-0.2, -0.15) is 0 Å². The lowest BCUT2D eigenvalue weighted by molar-refractivity contribution is -0.159. The highest BCUT2D eigenvalue weighted by molar-refractivity contribution is 5.73. The summed E-state index contributed by atoms with van der Waals surface area (Å²) in [6, 6.07) is -1.43. The van der Waals surface area contributed by atoms with E-state index in [0.29, 0.717) is 0 Å². The van der Waals surface area contributed by atoms with Crippen molar-refractivity contribution in [1.29, 1.82) is 0 Å². The number of hydrogen-bond donors (Lipinski definition) is 5. The average molecular weight is 193 g/mol. The van der Waals surface area contributed by atoms with Gasteiger partial charge in [0.05, 0.1) is 6.04 Å². The van der Waals surface area contributed by atoms with Crippen molar-refractivity contribution in [2.75, 3.05) is 0 Å². The first-order valence-corrected chi connectivity index (χ1v) is 3.39. The number of aldehydes is 1. The number of aliphatic hydroxyl groups is 3. The number of carboxylic acid groups (broad SMARTS) is 1. The third kappa shape index (κ3) is 3.07. The molecule has 0 saturated heterocycles. The predicted octanol–water partition coefficient (Wildman–Crippen LogP) is -3.32. The second kappa shape index (κ2) is 4.87. The van der Waals surface area contributed by atoms with Crippen LogP contribution in [0.5, 0.6) is 0 Å². The molecule has 0 aliphatic carbocycles. The molecule has 7 nitrogen and oxygen atoms in total. The molecule has 0 amide bonds. The van der Waals surface area contributed by atoms with E-state index in [1.54, 1.807) is 0 Å². The highest BCUT2D eigenvalue weighted by Gasteiger charge is 2.33. The van der Waals surface area contributed by atoms with Crippen LogP contribution in [0.1, 0.15) is 0 Å². The molecule has 0 unspecified atom stereocenters. The van der Waals surface area contributed by atoms with Gasteiger partial charge in [-0.15, -0.1) is 0 Å². The topological polar surface area (TPSA) is 141 Å². The summed E-state index contributed by atoms with van der Waals surface area (Å²) in [5.41, 5.74) is 4.97. The van der Waals surface area contributed by atoms with E-state index in [4.69, 9.17) is 26.2 Å². The lowest BCUT2D eigenvalue weighted by atomic mass is 10.0. The Labute approximate surface area is 73.4 Å². The average Bonchev–Trinajstić information content (AvgIpc) is 2.12. The Morgan fingerprint density at radius 3 is 2.00 bits per heavy atom. The SMILES string of the molecule is N[C@H](C=O)[C@H](O)[C@H](O)[C@@H](O)C(=O)O. The molecule has 6 N–H and O–H groups in total. The molecular formula is C6H11NO6. The normalized spacial score (nSPS) is 20.0. The fraction of sp³-hybridized carbons (Fsp3) is 0.667. The van der Waals surface area contributed by atoms with Crippen molar-refractivity contribution in [2.45, 2.75) is 24.4 Å². The summed E-state index contributed by atoms with van der Waals surface area (Å²) < 4.78 is 0. The number of rotatable bonds is 5. The van der Waals surface area contributed by atoms with E-state index >= 15 is 0 Å². The van der Waals surface area contributed by atoms with E-state index in [1.165, 1.54) is 0 Å². The zero-order chi connectivity index (χ0) is 10.6. The minimum atomic E-state index is -2.17. The summed E-state index contributed by atoms with van der Waals surface area (Å²) >= 11 is 0. The highest BCUT2D eigenvalue weighted by Crippen LogP contribution is 2.02. The molecule has 0 radical (unpaired) electrons. The first-order valence-electron chi connectivity index (χ1n) is 3.39. The molecule has 4 atom stereocenters. The number of hydrogen-bond acceptors (Lipinski definition) is 6. The van der Waals surface area contributed by atoms with Gasteiger partial charge in [-0.3, -0.25) is 0 Å². The maximum atomic E-state index is 10.1. The van der Waals surface area contributed by atoms with Crippen molar-refractivity contribution < 1.29 is 30.0 Å². The molecule has 76 valence electrons. The summed E-state index contributed by atoms with van der Waals surface area (Å²) in [4.78, 5) is 20.1. The summed E-state index contributed by atoms with van der Waals surface area (Å²) in [7, 11) is 0. The number of carbonyl (C=O) groups is 2. The second-order valence-corrected chi connectivity index (χ2v) is 2.48. The number of aliphatic carboxylic acids is 1. The van der Waals surface area contributed by atoms with Gasteiger partial charge in [0.1, 0.15) is 18.5 Å². The van der Waals surface area contributed by atoms with Crippen molar-refractivity contribution in [2.24, 2.45) is 5.73 Å². The van der Waals surface area contributed by atoms with Crippen LogP contribution in [0.3, 0.4) is 0 Å². The van der Waals surface area contributed by atoms with Crippen molar-refractivity contribution in [3.63, 3.8) is 0 Å². The van der Waals surface area contributed by atoms with Crippen molar-refractivity contribution in [3.8, 4) is 0 Å². The van der Waals surface area contributed by atoms with Crippen LogP contribution in [0.15, 0.2) is 0 Å². The molecular weight excluding hydrogens is 182 g/mol. The lowest BCUT2D eigenvalue weighted by Gasteiger charge is -2.21. The Balaban J connectivity index is 4.32. The Bertz CT molecular complexity index is 196. The summed E-state index contributed by atoms with van der Waals surface area (Å²) in [5, 5.41) is 34.8. The van der Waals surface area contributed by atoms with Gasteiger partial charge in [0.15, 0.2) is 6.10 Å². The fourth-order valence-corrected chi connectivity index (χ4v) is 0.641. The zero-order valence-corrected chi connectivity index (χ0v) is 6.57. The molecule has 0 aliphatic rings. The second-order valence-electron chi connectivity index (χ2n) is 2.48. The molecule has 0 bridgehead atoms. The standard InChI is InChI=1S/C6H11NO6/c7-2(1-8)3(9)4(10)5(11)6(12)13/h1-5,9-11H,7H2,(H,12,13)/t2-,3+,4+,5-/m1/s1. The fourth-order valence-electron chi connectivity index (χ4n) is 0.641. The highest BCUT2D eigenvalue weighted by atomic mass is 16.4. The van der Waals surface area contributed by atoms with Crippen LogP contribution in [0, 0.1) is 0 Å². The van der Waals surface area contributed by atoms with Gasteiger partial charge >= 0.3 is 5.97 Å². The molecule has 0 saturated carbocycles. The smallest absolute Gasteiger partial charge is 0.335 e. The Morgan fingerprint density at radius 1 is 1.23 bits per heavy atom. The van der Waals surface area contributed by atoms with Gasteiger partial charge in [0.25, 0.3) is 0 Å². The molecule has 0 aromatic carbocycles. The third-order valence-electron chi connectivity index (χ3n) is 1.48. The van der Waals surface area contributed by atoms with Crippen molar-refractivity contribution in [3.05, 3.63) is 0 Å². The van der Waals surface area contributed by atoms with Gasteiger partial charge in [-0.1, -0.05) is 0 Å². The molecule has 7 heteroatoms. The molecule has 0 fully saturated rings. The molecule has 0 aromatic heterocycles. The van der Waals surface area contributed by atoms with Crippen molar-refractivity contribution >= 4 is 12.3 Å². The van der Waals surface area contributed by atoms with Crippen LogP contribution in [-0.4, -0.2) is 57.0 Å². The summed E-state index contributed by atoms with van der Waals surface area (Å²) in [6.07, 6.45) is -5.81. The predicted molar refractivity (Wildman–Crippen MR) is 39.7 cm³/mol. The number of nitrogens with two attached hydrogens (primary N) is 1. The summed E-state index contributed by atoms with van der Waals surface area (Å²) in [5.74, 6) is -1.70. The molecule has 0 aromatic rings. The van der Waals surface area contributed by atoms with E-state index in [0.717, 1.165) is 0 Å². The van der Waals surface area contributed by atoms with Crippen LogP contribution in [-0.2, 0) is 9.59 Å². The van der Waals surface area contributed by atoms with E-state index in [1.807, 2.05) is 0 Å². The van der Waals surface area contributed by atoms with Gasteiger partial charge in [0.2, 0.25) is 0 Å². The van der Waals surface area contributed by atoms with E-state index < -0.39 is 30.3 Å². The molecule has 0 aliphatic heterocycles. The van der Waals surface area contributed by atoms with E-state index in [9.17, 15) is 9.59 Å². The minimum absolute atomic E-state index is 0.141. The van der Waals surface area contributed by atoms with Crippen LogP contribution in [0.2, 0.25) is 0 Å². The van der Waals surface area contributed by atoms with Crippen molar-refractivity contribution in [1.82, 2.24) is 0 Å². The van der Waals surface area contributed by atoms with Crippen LogP contribution in [0.4, 0.5) is 0 Å². The van der Waals surface area contributed by atoms with Crippen LogP contribution < -0.4 is 5.73 Å². The van der Waals surface area contributed by atoms with E-state index in [-0.39, 0.29) is 6.29 Å².